The zero-order valence-electron chi connectivity index (χ0n) is 15.5. The molecule has 148 valence electrons. The number of carbonyl (C=O) groups excluding carboxylic acids is 1. The van der Waals surface area contributed by atoms with Crippen LogP contribution < -0.4 is 0 Å². The van der Waals surface area contributed by atoms with Crippen LogP contribution in [0, 0.1) is 12.7 Å². The second kappa shape index (κ2) is 7.42. The van der Waals surface area contributed by atoms with Gasteiger partial charge >= 0.3 is 0 Å². The number of ether oxygens (including phenoxy) is 1. The number of sulfonamides is 1. The Bertz CT molecular complexity index is 1130. The monoisotopic (exact) mass is 411 g/mol. The van der Waals surface area contributed by atoms with E-state index < -0.39 is 34.1 Å². The molecule has 0 saturated carbocycles. The Hall–Kier alpha value is -3.03. The number of carbonyl (C=O) groups is 1. The molecule has 0 N–H and O–H groups in total. The summed E-state index contributed by atoms with van der Waals surface area (Å²) in [6, 6.07) is 20.2. The third kappa shape index (κ3) is 3.54. The van der Waals surface area contributed by atoms with Crippen LogP contribution in [-0.2, 0) is 19.6 Å². The van der Waals surface area contributed by atoms with Gasteiger partial charge in [0.15, 0.2) is 12.3 Å². The first-order valence-electron chi connectivity index (χ1n) is 8.99. The molecular formula is C22H18FNO4S. The van der Waals surface area contributed by atoms with E-state index in [1.165, 1.54) is 36.4 Å². The summed E-state index contributed by atoms with van der Waals surface area (Å²) in [4.78, 5) is 13.2. The lowest BCUT2D eigenvalue weighted by Crippen LogP contribution is -2.35. The van der Waals surface area contributed by atoms with Crippen molar-refractivity contribution in [2.75, 3.05) is 0 Å². The topological polar surface area (TPSA) is 63.7 Å². The van der Waals surface area contributed by atoms with E-state index in [2.05, 4.69) is 0 Å². The molecule has 7 heteroatoms. The lowest BCUT2D eigenvalue weighted by molar-refractivity contribution is -0.127. The van der Waals surface area contributed by atoms with Crippen LogP contribution >= 0.6 is 0 Å². The number of aryl methyl sites for hydroxylation is 1. The lowest BCUT2D eigenvalue weighted by Gasteiger charge is -2.23. The van der Waals surface area contributed by atoms with Gasteiger partial charge < -0.3 is 4.74 Å². The molecule has 2 atom stereocenters. The first kappa shape index (κ1) is 19.3. The molecule has 4 rings (SSSR count). The molecule has 0 unspecified atom stereocenters. The molecule has 0 radical (unpaired) electrons. The standard InChI is InChI=1S/C22H18FNO4S/c1-15-7-13-19(14-8-15)29(26,27)24-21(25)20(16-9-11-18(23)12-10-16)28-22(24)17-5-3-2-4-6-17/h2-14,20,22H,1H3/t20-,22-/m1/s1. The number of halogens is 1. The summed E-state index contributed by atoms with van der Waals surface area (Å²) in [6.07, 6.45) is -2.27. The van der Waals surface area contributed by atoms with Crippen molar-refractivity contribution in [1.29, 1.82) is 0 Å². The third-order valence-electron chi connectivity index (χ3n) is 4.75. The SMILES string of the molecule is Cc1ccc(S(=O)(=O)N2C(=O)[C@@H](c3ccc(F)cc3)O[C@@H]2c2ccccc2)cc1. The van der Waals surface area contributed by atoms with Gasteiger partial charge in [0.05, 0.1) is 4.90 Å². The van der Waals surface area contributed by atoms with Crippen LogP contribution in [0.2, 0.25) is 0 Å². The second-order valence-electron chi connectivity index (χ2n) is 6.78. The summed E-state index contributed by atoms with van der Waals surface area (Å²) in [7, 11) is -4.17. The van der Waals surface area contributed by atoms with E-state index in [-0.39, 0.29) is 4.90 Å². The summed E-state index contributed by atoms with van der Waals surface area (Å²) in [6.45, 7) is 1.85. The van der Waals surface area contributed by atoms with Gasteiger partial charge in [-0.15, -0.1) is 0 Å². The molecule has 1 aliphatic heterocycles. The number of nitrogens with zero attached hydrogens (tertiary/aromatic N) is 1. The zero-order chi connectivity index (χ0) is 20.6. The molecule has 29 heavy (non-hydrogen) atoms. The average Bonchev–Trinajstić information content (AvgIpc) is 3.07. The summed E-state index contributed by atoms with van der Waals surface area (Å²) in [5.74, 6) is -1.17. The number of hydrogen-bond donors (Lipinski definition) is 0. The third-order valence-corrected chi connectivity index (χ3v) is 6.51. The first-order valence-corrected chi connectivity index (χ1v) is 10.4. The van der Waals surface area contributed by atoms with Crippen molar-refractivity contribution in [2.45, 2.75) is 24.2 Å². The number of hydrogen-bond acceptors (Lipinski definition) is 4. The Labute approximate surface area is 168 Å². The average molecular weight is 411 g/mol. The van der Waals surface area contributed by atoms with Crippen molar-refractivity contribution >= 4 is 15.9 Å². The van der Waals surface area contributed by atoms with Crippen LogP contribution in [0.4, 0.5) is 4.39 Å². The largest absolute Gasteiger partial charge is 0.335 e. The maximum atomic E-state index is 13.3. The van der Waals surface area contributed by atoms with Crippen molar-refractivity contribution in [3.05, 3.63) is 101 Å². The zero-order valence-corrected chi connectivity index (χ0v) is 16.3. The highest BCUT2D eigenvalue weighted by Gasteiger charge is 2.48. The van der Waals surface area contributed by atoms with Gasteiger partial charge in [-0.1, -0.05) is 60.2 Å². The highest BCUT2D eigenvalue weighted by molar-refractivity contribution is 7.89. The van der Waals surface area contributed by atoms with Crippen LogP contribution in [0.5, 0.6) is 0 Å². The normalized spacial score (nSPS) is 19.5. The fourth-order valence-corrected chi connectivity index (χ4v) is 4.70. The molecule has 3 aromatic carbocycles. The van der Waals surface area contributed by atoms with Gasteiger partial charge in [0.2, 0.25) is 0 Å². The fourth-order valence-electron chi connectivity index (χ4n) is 3.23. The minimum atomic E-state index is -4.17. The van der Waals surface area contributed by atoms with E-state index in [1.54, 1.807) is 42.5 Å². The maximum Gasteiger partial charge on any atom is 0.272 e. The highest BCUT2D eigenvalue weighted by Crippen LogP contribution is 2.42. The Morgan fingerprint density at radius 2 is 1.48 bits per heavy atom. The van der Waals surface area contributed by atoms with Crippen LogP contribution in [0.3, 0.4) is 0 Å². The van der Waals surface area contributed by atoms with Crippen molar-refractivity contribution in [3.63, 3.8) is 0 Å². The molecule has 0 bridgehead atoms. The minimum absolute atomic E-state index is 0.000683. The van der Waals surface area contributed by atoms with Gasteiger partial charge in [-0.3, -0.25) is 4.79 Å². The summed E-state index contributed by atoms with van der Waals surface area (Å²) >= 11 is 0. The van der Waals surface area contributed by atoms with E-state index in [0.29, 0.717) is 11.1 Å². The van der Waals surface area contributed by atoms with Gasteiger partial charge in [-0.25, -0.2) is 17.1 Å². The van der Waals surface area contributed by atoms with Gasteiger partial charge in [0.25, 0.3) is 15.9 Å². The van der Waals surface area contributed by atoms with E-state index in [9.17, 15) is 17.6 Å². The van der Waals surface area contributed by atoms with Crippen molar-refractivity contribution < 1.29 is 22.3 Å². The number of benzene rings is 3. The lowest BCUT2D eigenvalue weighted by atomic mass is 10.1. The molecule has 1 fully saturated rings. The van der Waals surface area contributed by atoms with E-state index in [1.807, 2.05) is 6.92 Å². The Morgan fingerprint density at radius 3 is 2.10 bits per heavy atom. The molecule has 1 amide bonds. The van der Waals surface area contributed by atoms with Gasteiger partial charge in [-0.2, -0.15) is 0 Å². The molecule has 0 spiro atoms. The van der Waals surface area contributed by atoms with Crippen molar-refractivity contribution in [2.24, 2.45) is 0 Å². The smallest absolute Gasteiger partial charge is 0.272 e. The van der Waals surface area contributed by atoms with E-state index in [0.717, 1.165) is 9.87 Å². The molecule has 0 aliphatic carbocycles. The van der Waals surface area contributed by atoms with Crippen molar-refractivity contribution in [1.82, 2.24) is 4.31 Å². The van der Waals surface area contributed by atoms with Crippen molar-refractivity contribution in [3.8, 4) is 0 Å². The van der Waals surface area contributed by atoms with Crippen LogP contribution in [0.25, 0.3) is 0 Å². The quantitative estimate of drug-likeness (QED) is 0.648. The predicted octanol–water partition coefficient (Wildman–Crippen LogP) is 4.12. The maximum absolute atomic E-state index is 13.3. The van der Waals surface area contributed by atoms with Crippen LogP contribution in [0.1, 0.15) is 29.0 Å². The fraction of sp³-hybridized carbons (Fsp3) is 0.136. The summed E-state index contributed by atoms with van der Waals surface area (Å²) in [5.41, 5.74) is 1.82. The van der Waals surface area contributed by atoms with E-state index >= 15 is 0 Å². The number of rotatable bonds is 4. The Morgan fingerprint density at radius 1 is 0.862 bits per heavy atom. The molecule has 1 aliphatic rings. The first-order chi connectivity index (χ1) is 13.9. The highest BCUT2D eigenvalue weighted by atomic mass is 32.2. The van der Waals surface area contributed by atoms with Gasteiger partial charge in [-0.05, 0) is 36.8 Å². The minimum Gasteiger partial charge on any atom is -0.335 e. The van der Waals surface area contributed by atoms with E-state index in [4.69, 9.17) is 4.74 Å². The number of amides is 1. The molecule has 1 saturated heterocycles. The molecule has 3 aromatic rings. The van der Waals surface area contributed by atoms with Gasteiger partial charge in [0.1, 0.15) is 5.82 Å². The molecule has 1 heterocycles. The Kier molecular flexibility index (Phi) is 4.94. The predicted molar refractivity (Wildman–Crippen MR) is 105 cm³/mol. The van der Waals surface area contributed by atoms with Crippen LogP contribution in [-0.4, -0.2) is 18.6 Å². The summed E-state index contributed by atoms with van der Waals surface area (Å²) < 4.78 is 46.7. The molecular weight excluding hydrogens is 393 g/mol. The molecule has 5 nitrogen and oxygen atoms in total. The summed E-state index contributed by atoms with van der Waals surface area (Å²) in [5, 5.41) is 0. The molecule has 0 aromatic heterocycles. The second-order valence-corrected chi connectivity index (χ2v) is 8.60. The van der Waals surface area contributed by atoms with Crippen LogP contribution in [0.15, 0.2) is 83.8 Å². The Balaban J connectivity index is 1.80. The van der Waals surface area contributed by atoms with Gasteiger partial charge in [0, 0.05) is 5.56 Å².